The molecule has 0 aliphatic heterocycles. The van der Waals surface area contributed by atoms with E-state index < -0.39 is 10.0 Å². The molecular formula is C19H24N2O3S. The number of sulfonamides is 1. The van der Waals surface area contributed by atoms with Gasteiger partial charge in [0.05, 0.1) is 18.0 Å². The average molecular weight is 360 g/mol. The number of hydrogen-bond acceptors (Lipinski definition) is 3. The van der Waals surface area contributed by atoms with Crippen LogP contribution >= 0.6 is 0 Å². The SMILES string of the molecule is CCN(c1ccc(C(=O)N[C@H](C)c2ccc(C)cc2)cc1)S(C)(=O)=O. The number of carbonyl (C=O) groups is 1. The van der Waals surface area contributed by atoms with Crippen molar-refractivity contribution in [2.24, 2.45) is 0 Å². The normalized spacial score (nSPS) is 12.5. The highest BCUT2D eigenvalue weighted by atomic mass is 32.2. The largest absolute Gasteiger partial charge is 0.346 e. The number of amides is 1. The maximum atomic E-state index is 12.4. The first kappa shape index (κ1) is 19.0. The van der Waals surface area contributed by atoms with Gasteiger partial charge in [-0.15, -0.1) is 0 Å². The van der Waals surface area contributed by atoms with Gasteiger partial charge in [-0.2, -0.15) is 0 Å². The van der Waals surface area contributed by atoms with E-state index in [4.69, 9.17) is 0 Å². The van der Waals surface area contributed by atoms with Crippen LogP contribution in [-0.2, 0) is 10.0 Å². The Kier molecular flexibility index (Phi) is 5.85. The molecule has 1 amide bonds. The summed E-state index contributed by atoms with van der Waals surface area (Å²) in [5.74, 6) is -0.193. The van der Waals surface area contributed by atoms with Gasteiger partial charge in [0, 0.05) is 12.1 Å². The van der Waals surface area contributed by atoms with Gasteiger partial charge in [-0.25, -0.2) is 8.42 Å². The van der Waals surface area contributed by atoms with Crippen LogP contribution in [0.5, 0.6) is 0 Å². The molecule has 0 saturated carbocycles. The van der Waals surface area contributed by atoms with Crippen molar-refractivity contribution in [3.05, 3.63) is 65.2 Å². The first-order valence-electron chi connectivity index (χ1n) is 8.17. The summed E-state index contributed by atoms with van der Waals surface area (Å²) in [7, 11) is -3.33. The molecule has 0 saturated heterocycles. The van der Waals surface area contributed by atoms with Gasteiger partial charge in [0.1, 0.15) is 0 Å². The van der Waals surface area contributed by atoms with Gasteiger partial charge in [-0.3, -0.25) is 9.10 Å². The van der Waals surface area contributed by atoms with E-state index in [-0.39, 0.29) is 11.9 Å². The topological polar surface area (TPSA) is 66.5 Å². The molecule has 0 fully saturated rings. The van der Waals surface area contributed by atoms with E-state index in [1.165, 1.54) is 16.1 Å². The van der Waals surface area contributed by atoms with Gasteiger partial charge >= 0.3 is 0 Å². The summed E-state index contributed by atoms with van der Waals surface area (Å²) in [4.78, 5) is 12.4. The summed E-state index contributed by atoms with van der Waals surface area (Å²) in [6, 6.07) is 14.5. The Labute approximate surface area is 149 Å². The van der Waals surface area contributed by atoms with Crippen LogP contribution < -0.4 is 9.62 Å². The number of aryl methyl sites for hydroxylation is 1. The lowest BCUT2D eigenvalue weighted by atomic mass is 10.1. The Morgan fingerprint density at radius 1 is 1.08 bits per heavy atom. The summed E-state index contributed by atoms with van der Waals surface area (Å²) >= 11 is 0. The van der Waals surface area contributed by atoms with Crippen molar-refractivity contribution in [2.75, 3.05) is 17.1 Å². The molecule has 1 N–H and O–H groups in total. The molecule has 2 aromatic carbocycles. The van der Waals surface area contributed by atoms with Crippen LogP contribution in [-0.4, -0.2) is 27.1 Å². The first-order valence-corrected chi connectivity index (χ1v) is 10.0. The Hall–Kier alpha value is -2.34. The fraction of sp³-hybridized carbons (Fsp3) is 0.316. The molecule has 134 valence electrons. The third-order valence-corrected chi connectivity index (χ3v) is 5.30. The molecule has 0 unspecified atom stereocenters. The Morgan fingerprint density at radius 2 is 1.64 bits per heavy atom. The van der Waals surface area contributed by atoms with Crippen LogP contribution in [0.25, 0.3) is 0 Å². The van der Waals surface area contributed by atoms with Gasteiger partial charge in [-0.05, 0) is 50.6 Å². The van der Waals surface area contributed by atoms with E-state index in [2.05, 4.69) is 5.32 Å². The molecule has 0 aliphatic carbocycles. The smallest absolute Gasteiger partial charge is 0.251 e. The molecule has 2 aromatic rings. The summed E-state index contributed by atoms with van der Waals surface area (Å²) in [5.41, 5.74) is 3.24. The van der Waals surface area contributed by atoms with E-state index in [1.54, 1.807) is 31.2 Å². The molecule has 0 radical (unpaired) electrons. The van der Waals surface area contributed by atoms with Crippen molar-refractivity contribution in [3.8, 4) is 0 Å². The van der Waals surface area contributed by atoms with Gasteiger partial charge in [-0.1, -0.05) is 29.8 Å². The summed E-state index contributed by atoms with van der Waals surface area (Å²) in [5, 5.41) is 2.95. The van der Waals surface area contributed by atoms with Crippen molar-refractivity contribution in [2.45, 2.75) is 26.8 Å². The molecule has 2 rings (SSSR count). The molecule has 25 heavy (non-hydrogen) atoms. The van der Waals surface area contributed by atoms with Crippen LogP contribution in [0.3, 0.4) is 0 Å². The van der Waals surface area contributed by atoms with E-state index in [9.17, 15) is 13.2 Å². The van der Waals surface area contributed by atoms with Crippen molar-refractivity contribution in [3.63, 3.8) is 0 Å². The second-order valence-corrected chi connectivity index (χ2v) is 7.99. The number of hydrogen-bond donors (Lipinski definition) is 1. The number of anilines is 1. The Morgan fingerprint density at radius 3 is 2.12 bits per heavy atom. The van der Waals surface area contributed by atoms with E-state index in [1.807, 2.05) is 38.1 Å². The fourth-order valence-corrected chi connectivity index (χ4v) is 3.58. The van der Waals surface area contributed by atoms with Crippen LogP contribution in [0.2, 0.25) is 0 Å². The number of rotatable bonds is 6. The number of benzene rings is 2. The van der Waals surface area contributed by atoms with Gasteiger partial charge in [0.15, 0.2) is 0 Å². The van der Waals surface area contributed by atoms with Crippen LogP contribution in [0.1, 0.15) is 41.4 Å². The predicted octanol–water partition coefficient (Wildman–Crippen LogP) is 3.27. The third-order valence-electron chi connectivity index (χ3n) is 4.03. The Bertz CT molecular complexity index is 828. The second kappa shape index (κ2) is 7.70. The molecule has 0 bridgehead atoms. The fourth-order valence-electron chi connectivity index (χ4n) is 2.61. The van der Waals surface area contributed by atoms with E-state index in [0.717, 1.165) is 5.56 Å². The number of nitrogens with zero attached hydrogens (tertiary/aromatic N) is 1. The number of carbonyl (C=O) groups excluding carboxylic acids is 1. The first-order chi connectivity index (χ1) is 11.7. The van der Waals surface area contributed by atoms with Crippen molar-refractivity contribution in [1.82, 2.24) is 5.32 Å². The minimum absolute atomic E-state index is 0.115. The molecule has 1 atom stereocenters. The second-order valence-electron chi connectivity index (χ2n) is 6.08. The standard InChI is InChI=1S/C19H24N2O3S/c1-5-21(25(4,23)24)18-12-10-17(11-13-18)19(22)20-15(3)16-8-6-14(2)7-9-16/h6-13,15H,5H2,1-4H3,(H,20,22)/t15-/m1/s1. The summed E-state index contributed by atoms with van der Waals surface area (Å²) in [6.45, 7) is 6.06. The van der Waals surface area contributed by atoms with Gasteiger partial charge < -0.3 is 5.32 Å². The van der Waals surface area contributed by atoms with E-state index >= 15 is 0 Å². The van der Waals surface area contributed by atoms with Crippen molar-refractivity contribution in [1.29, 1.82) is 0 Å². The quantitative estimate of drug-likeness (QED) is 0.860. The third kappa shape index (κ3) is 4.82. The number of nitrogens with one attached hydrogen (secondary N) is 1. The van der Waals surface area contributed by atoms with Crippen molar-refractivity contribution >= 4 is 21.6 Å². The van der Waals surface area contributed by atoms with Crippen LogP contribution in [0, 0.1) is 6.92 Å². The lowest BCUT2D eigenvalue weighted by molar-refractivity contribution is 0.0940. The highest BCUT2D eigenvalue weighted by molar-refractivity contribution is 7.92. The zero-order chi connectivity index (χ0) is 18.6. The van der Waals surface area contributed by atoms with Crippen LogP contribution in [0.15, 0.2) is 48.5 Å². The van der Waals surface area contributed by atoms with Gasteiger partial charge in [0.2, 0.25) is 10.0 Å². The molecule has 5 nitrogen and oxygen atoms in total. The highest BCUT2D eigenvalue weighted by Gasteiger charge is 2.16. The zero-order valence-corrected chi connectivity index (χ0v) is 15.8. The highest BCUT2D eigenvalue weighted by Crippen LogP contribution is 2.19. The average Bonchev–Trinajstić information content (AvgIpc) is 2.55. The summed E-state index contributed by atoms with van der Waals surface area (Å²) in [6.07, 6.45) is 1.17. The van der Waals surface area contributed by atoms with Crippen LogP contribution in [0.4, 0.5) is 5.69 Å². The van der Waals surface area contributed by atoms with E-state index in [0.29, 0.717) is 17.8 Å². The minimum atomic E-state index is -3.33. The lowest BCUT2D eigenvalue weighted by Gasteiger charge is -2.20. The molecule has 0 aromatic heterocycles. The maximum absolute atomic E-state index is 12.4. The molecular weight excluding hydrogens is 336 g/mol. The molecule has 0 heterocycles. The molecule has 0 spiro atoms. The zero-order valence-electron chi connectivity index (χ0n) is 15.0. The van der Waals surface area contributed by atoms with Gasteiger partial charge in [0.25, 0.3) is 5.91 Å². The Balaban J connectivity index is 2.11. The van der Waals surface area contributed by atoms with Crippen molar-refractivity contribution < 1.29 is 13.2 Å². The molecule has 0 aliphatic rings. The summed E-state index contributed by atoms with van der Waals surface area (Å²) < 4.78 is 24.8. The monoisotopic (exact) mass is 360 g/mol. The lowest BCUT2D eigenvalue weighted by Crippen LogP contribution is -2.29. The maximum Gasteiger partial charge on any atom is 0.251 e. The minimum Gasteiger partial charge on any atom is -0.346 e. The molecule has 6 heteroatoms. The predicted molar refractivity (Wildman–Crippen MR) is 101 cm³/mol.